The van der Waals surface area contributed by atoms with Crippen LogP contribution in [0.3, 0.4) is 0 Å². The molecule has 1 aromatic heterocycles. The van der Waals surface area contributed by atoms with Gasteiger partial charge in [-0.15, -0.1) is 0 Å². The van der Waals surface area contributed by atoms with E-state index >= 15 is 0 Å². The predicted molar refractivity (Wildman–Crippen MR) is 497 cm³/mol. The fourth-order valence-corrected chi connectivity index (χ4v) is 13.4. The number of nitrogens with one attached hydrogen (secondary N) is 7. The van der Waals surface area contributed by atoms with Gasteiger partial charge in [0.2, 0.25) is 0 Å². The number of fused-ring (bicyclic) bond motifs is 7. The highest BCUT2D eigenvalue weighted by Gasteiger charge is 2.30. The minimum atomic E-state index is -0.263. The third kappa shape index (κ3) is 39.8. The molecule has 9 nitrogen and oxygen atoms in total. The first-order valence-electron chi connectivity index (χ1n) is 43.3. The van der Waals surface area contributed by atoms with Crippen LogP contribution >= 0.6 is 0 Å². The number of aliphatic hydroxyl groups is 1. The zero-order chi connectivity index (χ0) is 81.8. The normalized spacial score (nSPS) is 14.2. The molecule has 3 aliphatic rings. The Morgan fingerprint density at radius 1 is 0.336 bits per heavy atom. The molecule has 3 aliphatic carbocycles. The Morgan fingerprint density at radius 3 is 1.11 bits per heavy atom. The summed E-state index contributed by atoms with van der Waals surface area (Å²) >= 11 is 0. The van der Waals surface area contributed by atoms with Gasteiger partial charge >= 0.3 is 0 Å². The number of pyridine rings is 1. The summed E-state index contributed by atoms with van der Waals surface area (Å²) in [6.45, 7) is 49.9. The van der Waals surface area contributed by atoms with Crippen molar-refractivity contribution in [2.24, 2.45) is 41.4 Å². The van der Waals surface area contributed by atoms with E-state index in [-0.39, 0.29) is 12.1 Å². The molecular weight excluding hydrogens is 1380 g/mol. The van der Waals surface area contributed by atoms with Gasteiger partial charge in [0, 0.05) is 30.1 Å². The van der Waals surface area contributed by atoms with E-state index in [4.69, 9.17) is 0 Å². The Balaban J connectivity index is 0.000000227. The molecule has 9 heteroatoms. The molecule has 0 amide bonds. The average molecular weight is 1530 g/mol. The van der Waals surface area contributed by atoms with Gasteiger partial charge in [0.05, 0.1) is 17.7 Å². The Labute approximate surface area is 687 Å². The number of aliphatic hydroxyl groups excluding tert-OH is 1. The van der Waals surface area contributed by atoms with Gasteiger partial charge < -0.3 is 42.3 Å². The summed E-state index contributed by atoms with van der Waals surface area (Å²) in [7, 11) is 0. The summed E-state index contributed by atoms with van der Waals surface area (Å²) in [6, 6.07) is 88.0. The van der Waals surface area contributed by atoms with Crippen LogP contribution in [0, 0.1) is 41.4 Å². The second-order valence-corrected chi connectivity index (χ2v) is 33.3. The van der Waals surface area contributed by atoms with Crippen LogP contribution in [0.5, 0.6) is 0 Å². The second kappa shape index (κ2) is 57.2. The Morgan fingerprint density at radius 2 is 0.699 bits per heavy atom. The lowest BCUT2D eigenvalue weighted by atomic mass is 10.1. The molecule has 0 radical (unpaired) electrons. The van der Waals surface area contributed by atoms with Gasteiger partial charge in [-0.2, -0.15) is 0 Å². The minimum absolute atomic E-state index is 0.128. The number of hydrogen-bond donors (Lipinski definition) is 8. The van der Waals surface area contributed by atoms with Crippen LogP contribution in [-0.4, -0.2) is 94.2 Å². The topological polar surface area (TPSA) is 117 Å². The van der Waals surface area contributed by atoms with Crippen molar-refractivity contribution in [1.82, 2.24) is 42.2 Å². The van der Waals surface area contributed by atoms with Crippen molar-refractivity contribution in [3.63, 3.8) is 0 Å². The van der Waals surface area contributed by atoms with E-state index in [1.807, 2.05) is 24.4 Å². The summed E-state index contributed by atoms with van der Waals surface area (Å²) in [5, 5.41) is 43.2. The maximum atomic E-state index is 9.96. The summed E-state index contributed by atoms with van der Waals surface area (Å²) in [5.41, 5.74) is 11.2. The molecule has 612 valence electrons. The Hall–Kier alpha value is -7.93. The molecule has 8 N–H and O–H groups in total. The van der Waals surface area contributed by atoms with Crippen molar-refractivity contribution >= 4 is 43.2 Å². The lowest BCUT2D eigenvalue weighted by molar-refractivity contribution is 0.139. The number of nitrogens with zero attached hydrogens (tertiary/aromatic N) is 1. The molecule has 0 aliphatic heterocycles. The van der Waals surface area contributed by atoms with Crippen molar-refractivity contribution in [1.29, 1.82) is 0 Å². The SMILES string of the molecule is CC(C)CNC1CCc2ccccc21.CC(C)CNC1Cc2ccccc2C1.CC(C)CNC1c2ccccc2CC1O.CC(C)CNCCc1cccc2ncccc12.CCCNCC(C)C.CCCNCC(C)C.CCNCC(C)C.c1ccc2ccccc2c1.c1ccc2ccccc2c1.c1ccc2ccccc2c1. The Kier molecular flexibility index (Phi) is 48.4. The van der Waals surface area contributed by atoms with Crippen molar-refractivity contribution < 1.29 is 5.11 Å². The predicted octanol–water partition coefficient (Wildman–Crippen LogP) is 23.3. The zero-order valence-corrected chi connectivity index (χ0v) is 72.9. The van der Waals surface area contributed by atoms with E-state index in [1.165, 1.54) is 115 Å². The maximum Gasteiger partial charge on any atom is 0.0775 e. The Bertz CT molecular complexity index is 3810. The maximum absolute atomic E-state index is 9.96. The number of aryl methyl sites for hydroxylation is 1. The van der Waals surface area contributed by atoms with Crippen molar-refractivity contribution in [3.05, 3.63) is 294 Å². The minimum Gasteiger partial charge on any atom is -0.391 e. The van der Waals surface area contributed by atoms with Gasteiger partial charge in [0.25, 0.3) is 0 Å². The van der Waals surface area contributed by atoms with Gasteiger partial charge in [0.1, 0.15) is 0 Å². The number of aromatic nitrogens is 1. The van der Waals surface area contributed by atoms with Crippen LogP contribution < -0.4 is 37.2 Å². The standard InChI is InChI=1S/C15H20N2.C13H19NO.2C13H19N.3C10H8.2C7H17N.C6H15N/c1-12(2)11-16-10-8-13-5-3-7-15-14(13)6-4-9-17-15;1-9(2)8-14-13-11-6-4-3-5-10(11)7-12(13)15;1-10(2)9-14-13-7-11-5-3-4-6-12(11)8-13;1-10(2)9-14-13-8-7-11-5-3-4-6-12(11)13;3*1-2-6-10-8-4-3-7-9(10)5-1;2*1-4-5-8-6-7(2)3;1-4-7-5-6(2)3/h3-7,9,12,16H,8,10-11H2,1-2H3;3-6,9,12-15H,7-8H2,1-2H3;2*3-6,10,13-14H,7-9H2,1-2H3;3*1-8H;2*7-8H,4-6H2,1-3H3;6-7H,4-5H2,1-3H3. The molecular formula is C104H150N8O. The van der Waals surface area contributed by atoms with Crippen LogP contribution in [0.4, 0.5) is 0 Å². The third-order valence-corrected chi connectivity index (χ3v) is 19.3. The van der Waals surface area contributed by atoms with E-state index in [0.717, 1.165) is 120 Å². The fraction of sp³-hybridized carbons (Fsp3) is 0.452. The zero-order valence-electron chi connectivity index (χ0n) is 72.9. The average Bonchev–Trinajstić information content (AvgIpc) is 1.66. The van der Waals surface area contributed by atoms with E-state index in [0.29, 0.717) is 23.9 Å². The second-order valence-electron chi connectivity index (χ2n) is 33.3. The molecule has 10 aromatic carbocycles. The number of rotatable bonds is 25. The van der Waals surface area contributed by atoms with Crippen LogP contribution in [0.2, 0.25) is 0 Å². The first-order valence-corrected chi connectivity index (χ1v) is 43.3. The summed E-state index contributed by atoms with van der Waals surface area (Å²) in [5.74, 6) is 5.19. The van der Waals surface area contributed by atoms with Gasteiger partial charge in [-0.1, -0.05) is 354 Å². The van der Waals surface area contributed by atoms with E-state index in [9.17, 15) is 5.11 Å². The summed E-state index contributed by atoms with van der Waals surface area (Å²) in [4.78, 5) is 4.38. The molecule has 1 heterocycles. The fourth-order valence-electron chi connectivity index (χ4n) is 13.4. The van der Waals surface area contributed by atoms with Crippen LogP contribution in [0.15, 0.2) is 255 Å². The quantitative estimate of drug-likeness (QED) is 0.0265. The third-order valence-electron chi connectivity index (χ3n) is 19.3. The molecule has 0 bridgehead atoms. The molecule has 0 saturated carbocycles. The van der Waals surface area contributed by atoms with Gasteiger partial charge in [-0.3, -0.25) is 4.98 Å². The smallest absolute Gasteiger partial charge is 0.0775 e. The molecule has 0 saturated heterocycles. The highest BCUT2D eigenvalue weighted by molar-refractivity contribution is 5.84. The van der Waals surface area contributed by atoms with Gasteiger partial charge in [-0.05, 0) is 242 Å². The molecule has 0 fully saturated rings. The summed E-state index contributed by atoms with van der Waals surface area (Å²) < 4.78 is 0. The van der Waals surface area contributed by atoms with Gasteiger partial charge in [0.15, 0.2) is 0 Å². The number of hydrogen-bond acceptors (Lipinski definition) is 9. The molecule has 113 heavy (non-hydrogen) atoms. The molecule has 3 atom stereocenters. The van der Waals surface area contributed by atoms with Crippen LogP contribution in [-0.2, 0) is 32.1 Å². The number of benzene rings is 10. The first-order chi connectivity index (χ1) is 54.7. The highest BCUT2D eigenvalue weighted by Crippen LogP contribution is 2.32. The van der Waals surface area contributed by atoms with Crippen molar-refractivity contribution in [2.45, 2.75) is 193 Å². The van der Waals surface area contributed by atoms with Gasteiger partial charge in [-0.25, -0.2) is 0 Å². The monoisotopic (exact) mass is 1530 g/mol. The molecule has 0 spiro atoms. The van der Waals surface area contributed by atoms with E-state index in [1.54, 1.807) is 0 Å². The summed E-state index contributed by atoms with van der Waals surface area (Å²) in [6.07, 6.45) is 10.9. The van der Waals surface area contributed by atoms with Crippen molar-refractivity contribution in [2.75, 3.05) is 72.0 Å². The lowest BCUT2D eigenvalue weighted by Gasteiger charge is -2.19. The van der Waals surface area contributed by atoms with E-state index in [2.05, 4.69) is 390 Å². The van der Waals surface area contributed by atoms with E-state index < -0.39 is 0 Å². The lowest BCUT2D eigenvalue weighted by Crippen LogP contribution is -2.32. The molecule has 11 aromatic rings. The van der Waals surface area contributed by atoms with Crippen molar-refractivity contribution in [3.8, 4) is 0 Å². The first kappa shape index (κ1) is 95.7. The van der Waals surface area contributed by atoms with Crippen LogP contribution in [0.25, 0.3) is 43.2 Å². The molecule has 14 rings (SSSR count). The van der Waals surface area contributed by atoms with Crippen LogP contribution in [0.1, 0.15) is 188 Å². The highest BCUT2D eigenvalue weighted by atomic mass is 16.3. The molecule has 3 unspecified atom stereocenters. The largest absolute Gasteiger partial charge is 0.391 e.